The van der Waals surface area contributed by atoms with Crippen molar-refractivity contribution in [3.8, 4) is 0 Å². The highest BCUT2D eigenvalue weighted by molar-refractivity contribution is 9.10. The van der Waals surface area contributed by atoms with E-state index in [9.17, 15) is 18.4 Å². The maximum Gasteiger partial charge on any atom is 0.326 e. The van der Waals surface area contributed by atoms with E-state index >= 15 is 0 Å². The SMILES string of the molecule is O=C(NC(CC(F)F)C(=O)O)c1ccc(Br)cc1Cl. The summed E-state index contributed by atoms with van der Waals surface area (Å²) in [5.74, 6) is -2.34. The van der Waals surface area contributed by atoms with E-state index < -0.39 is 30.8 Å². The van der Waals surface area contributed by atoms with Crippen LogP contribution >= 0.6 is 27.5 Å². The lowest BCUT2D eigenvalue weighted by molar-refractivity contribution is -0.140. The number of carbonyl (C=O) groups is 2. The average Bonchev–Trinajstić information content (AvgIpc) is 2.26. The zero-order valence-corrected chi connectivity index (χ0v) is 11.7. The number of aliphatic carboxylic acids is 1. The third-order valence-corrected chi connectivity index (χ3v) is 3.00. The van der Waals surface area contributed by atoms with E-state index in [0.717, 1.165) is 0 Å². The van der Waals surface area contributed by atoms with Gasteiger partial charge in [0.15, 0.2) is 0 Å². The predicted octanol–water partition coefficient (Wildman–Crippen LogP) is 2.94. The number of hydrogen-bond acceptors (Lipinski definition) is 2. The first-order valence-electron chi connectivity index (χ1n) is 5.08. The molecule has 0 saturated heterocycles. The van der Waals surface area contributed by atoms with Crippen LogP contribution in [0.4, 0.5) is 8.78 Å². The molecule has 1 aromatic rings. The number of amides is 1. The summed E-state index contributed by atoms with van der Waals surface area (Å²) < 4.78 is 25.0. The Morgan fingerprint density at radius 1 is 1.42 bits per heavy atom. The number of carboxylic acid groups (broad SMARTS) is 1. The lowest BCUT2D eigenvalue weighted by Gasteiger charge is -2.14. The van der Waals surface area contributed by atoms with Crippen molar-refractivity contribution in [2.75, 3.05) is 0 Å². The minimum atomic E-state index is -2.83. The van der Waals surface area contributed by atoms with Crippen LogP contribution in [0.25, 0.3) is 0 Å². The second-order valence-corrected chi connectivity index (χ2v) is 4.94. The molecule has 0 aliphatic rings. The summed E-state index contributed by atoms with van der Waals surface area (Å²) in [6, 6.07) is 2.68. The van der Waals surface area contributed by atoms with Crippen LogP contribution in [0.3, 0.4) is 0 Å². The average molecular weight is 357 g/mol. The zero-order chi connectivity index (χ0) is 14.6. The zero-order valence-electron chi connectivity index (χ0n) is 9.37. The molecule has 8 heteroatoms. The van der Waals surface area contributed by atoms with Gasteiger partial charge in [-0.2, -0.15) is 0 Å². The van der Waals surface area contributed by atoms with Crippen LogP contribution in [0.2, 0.25) is 5.02 Å². The molecule has 1 amide bonds. The van der Waals surface area contributed by atoms with Crippen LogP contribution in [0.1, 0.15) is 16.8 Å². The molecule has 0 spiro atoms. The minimum Gasteiger partial charge on any atom is -0.480 e. The first-order valence-corrected chi connectivity index (χ1v) is 6.25. The quantitative estimate of drug-likeness (QED) is 0.852. The molecule has 1 atom stereocenters. The van der Waals surface area contributed by atoms with Crippen molar-refractivity contribution in [3.63, 3.8) is 0 Å². The highest BCUT2D eigenvalue weighted by atomic mass is 79.9. The second-order valence-electron chi connectivity index (χ2n) is 3.62. The number of nitrogens with one attached hydrogen (secondary N) is 1. The summed E-state index contributed by atoms with van der Waals surface area (Å²) in [6.07, 6.45) is -3.79. The molecule has 0 fully saturated rings. The van der Waals surface area contributed by atoms with E-state index in [1.165, 1.54) is 18.2 Å². The topological polar surface area (TPSA) is 66.4 Å². The molecule has 0 aliphatic carbocycles. The molecule has 0 saturated carbocycles. The molecule has 1 aromatic carbocycles. The van der Waals surface area contributed by atoms with Gasteiger partial charge < -0.3 is 10.4 Å². The third-order valence-electron chi connectivity index (χ3n) is 2.19. The van der Waals surface area contributed by atoms with Crippen LogP contribution in [0.5, 0.6) is 0 Å². The third kappa shape index (κ3) is 4.76. The second kappa shape index (κ2) is 6.81. The Labute approximate surface area is 120 Å². The fourth-order valence-electron chi connectivity index (χ4n) is 1.31. The maximum absolute atomic E-state index is 12.2. The van der Waals surface area contributed by atoms with Gasteiger partial charge in [-0.3, -0.25) is 4.79 Å². The number of carbonyl (C=O) groups excluding carboxylic acids is 1. The standard InChI is InChI=1S/C11H9BrClF2NO3/c12-5-1-2-6(7(13)3-5)10(17)16-8(11(18)19)4-9(14)15/h1-3,8-9H,4H2,(H,16,17)(H,18,19). The smallest absolute Gasteiger partial charge is 0.326 e. The van der Waals surface area contributed by atoms with Crippen molar-refractivity contribution in [1.82, 2.24) is 5.32 Å². The number of alkyl halides is 2. The van der Waals surface area contributed by atoms with Crippen LogP contribution < -0.4 is 5.32 Å². The summed E-state index contributed by atoms with van der Waals surface area (Å²) >= 11 is 8.95. The van der Waals surface area contributed by atoms with Gasteiger partial charge in [0.25, 0.3) is 5.91 Å². The number of hydrogen-bond donors (Lipinski definition) is 2. The van der Waals surface area contributed by atoms with E-state index in [1.807, 2.05) is 5.32 Å². The summed E-state index contributed by atoms with van der Waals surface area (Å²) in [7, 11) is 0. The van der Waals surface area contributed by atoms with E-state index in [-0.39, 0.29) is 10.6 Å². The maximum atomic E-state index is 12.2. The Bertz CT molecular complexity index is 499. The number of halogens is 4. The van der Waals surface area contributed by atoms with Gasteiger partial charge in [-0.1, -0.05) is 27.5 Å². The summed E-state index contributed by atoms with van der Waals surface area (Å²) in [5.41, 5.74) is 0.0189. The van der Waals surface area contributed by atoms with Crippen LogP contribution in [-0.2, 0) is 4.79 Å². The molecule has 2 N–H and O–H groups in total. The molecule has 4 nitrogen and oxygen atoms in total. The highest BCUT2D eigenvalue weighted by Crippen LogP contribution is 2.21. The van der Waals surface area contributed by atoms with Gasteiger partial charge >= 0.3 is 5.97 Å². The van der Waals surface area contributed by atoms with Gasteiger partial charge in [-0.15, -0.1) is 0 Å². The van der Waals surface area contributed by atoms with E-state index in [0.29, 0.717) is 4.47 Å². The molecule has 104 valence electrons. The normalized spacial score (nSPS) is 12.3. The Balaban J connectivity index is 2.84. The largest absolute Gasteiger partial charge is 0.480 e. The van der Waals surface area contributed by atoms with E-state index in [1.54, 1.807) is 0 Å². The van der Waals surface area contributed by atoms with Crippen molar-refractivity contribution in [2.24, 2.45) is 0 Å². The van der Waals surface area contributed by atoms with Crippen LogP contribution in [0, 0.1) is 0 Å². The lowest BCUT2D eigenvalue weighted by atomic mass is 10.1. The summed E-state index contributed by atoms with van der Waals surface area (Å²) in [6.45, 7) is 0. The number of rotatable bonds is 5. The Morgan fingerprint density at radius 3 is 2.53 bits per heavy atom. The first-order chi connectivity index (χ1) is 8.81. The molecule has 1 unspecified atom stereocenters. The van der Waals surface area contributed by atoms with Gasteiger partial charge in [0.1, 0.15) is 6.04 Å². The summed E-state index contributed by atoms with van der Waals surface area (Å²) in [5, 5.41) is 10.8. The Hall–Kier alpha value is -1.21. The van der Waals surface area contributed by atoms with Gasteiger partial charge in [0, 0.05) is 10.9 Å². The fourth-order valence-corrected chi connectivity index (χ4v) is 2.07. The Kier molecular flexibility index (Phi) is 5.68. The van der Waals surface area contributed by atoms with Crippen LogP contribution in [0.15, 0.2) is 22.7 Å². The van der Waals surface area contributed by atoms with E-state index in [2.05, 4.69) is 15.9 Å². The van der Waals surface area contributed by atoms with Crippen LogP contribution in [-0.4, -0.2) is 29.5 Å². The molecular formula is C11H9BrClF2NO3. The molecule has 0 aromatic heterocycles. The van der Waals surface area contributed by atoms with Crippen molar-refractivity contribution >= 4 is 39.4 Å². The van der Waals surface area contributed by atoms with Crippen molar-refractivity contribution < 1.29 is 23.5 Å². The van der Waals surface area contributed by atoms with Gasteiger partial charge in [-0.25, -0.2) is 13.6 Å². The Morgan fingerprint density at radius 2 is 2.05 bits per heavy atom. The van der Waals surface area contributed by atoms with Crippen molar-refractivity contribution in [1.29, 1.82) is 0 Å². The molecule has 19 heavy (non-hydrogen) atoms. The molecule has 1 rings (SSSR count). The molecule has 0 heterocycles. The predicted molar refractivity (Wildman–Crippen MR) is 68.7 cm³/mol. The van der Waals surface area contributed by atoms with Gasteiger partial charge in [0.2, 0.25) is 6.43 Å². The molecule has 0 radical (unpaired) electrons. The van der Waals surface area contributed by atoms with Gasteiger partial charge in [-0.05, 0) is 18.2 Å². The van der Waals surface area contributed by atoms with Crippen molar-refractivity contribution in [2.45, 2.75) is 18.9 Å². The highest BCUT2D eigenvalue weighted by Gasteiger charge is 2.25. The molecule has 0 aliphatic heterocycles. The van der Waals surface area contributed by atoms with E-state index in [4.69, 9.17) is 16.7 Å². The number of carboxylic acids is 1. The molecular weight excluding hydrogens is 347 g/mol. The lowest BCUT2D eigenvalue weighted by Crippen LogP contribution is -2.42. The molecule has 0 bridgehead atoms. The first kappa shape index (κ1) is 15.8. The van der Waals surface area contributed by atoms with Gasteiger partial charge in [0.05, 0.1) is 10.6 Å². The van der Waals surface area contributed by atoms with Crippen molar-refractivity contribution in [3.05, 3.63) is 33.3 Å². The summed E-state index contributed by atoms with van der Waals surface area (Å²) in [4.78, 5) is 22.5. The monoisotopic (exact) mass is 355 g/mol. The number of benzene rings is 1. The minimum absolute atomic E-state index is 0.0189. The fraction of sp³-hybridized carbons (Fsp3) is 0.273.